The standard InChI is InChI=1S/C23H21F7N6O2/c1-2-11-3-4-12(17-6-14(23(28,29)30)19-20(31)32-10-33-36(17)19)5-13(11)21(38)34-16-9-35(8-15(16)24)18(37)7-22(25,26)27/h3-6,10,15-16H,2,7-9H2,1H3,(H,34,38)(H2,31,32,33)/t15-,16+/m0/s1. The number of carbonyl (C=O) groups excluding carboxylic acids is 2. The van der Waals surface area contributed by atoms with E-state index in [1.165, 1.54) is 18.2 Å². The zero-order valence-corrected chi connectivity index (χ0v) is 19.7. The maximum absolute atomic E-state index is 14.5. The topological polar surface area (TPSA) is 106 Å². The molecule has 4 rings (SSSR count). The first kappa shape index (κ1) is 27.1. The van der Waals surface area contributed by atoms with E-state index in [1.54, 1.807) is 6.92 Å². The highest BCUT2D eigenvalue weighted by atomic mass is 19.4. The normalized spacial score (nSPS) is 18.3. The molecule has 1 aliphatic rings. The van der Waals surface area contributed by atoms with Crippen LogP contribution in [0.1, 0.15) is 34.8 Å². The summed E-state index contributed by atoms with van der Waals surface area (Å²) in [5, 5.41) is 6.27. The molecule has 2 aromatic heterocycles. The van der Waals surface area contributed by atoms with Gasteiger partial charge in [0.1, 0.15) is 24.4 Å². The van der Waals surface area contributed by atoms with Crippen molar-refractivity contribution in [3.05, 3.63) is 47.3 Å². The minimum absolute atomic E-state index is 0.0165. The van der Waals surface area contributed by atoms with E-state index in [-0.39, 0.29) is 16.8 Å². The van der Waals surface area contributed by atoms with Crippen LogP contribution in [0.15, 0.2) is 30.6 Å². The SMILES string of the molecule is CCc1ccc(-c2cc(C(F)(F)F)c3c(N)ncnn23)cc1C(=O)N[C@@H]1CN(C(=O)CC(F)(F)F)C[C@@H]1F. The summed E-state index contributed by atoms with van der Waals surface area (Å²) in [4.78, 5) is 29.3. The number of halogens is 7. The van der Waals surface area contributed by atoms with Crippen LogP contribution in [0, 0.1) is 0 Å². The number of amides is 2. The number of likely N-dealkylation sites (tertiary alicyclic amines) is 1. The number of fused-ring (bicyclic) bond motifs is 1. The van der Waals surface area contributed by atoms with Crippen molar-refractivity contribution in [3.8, 4) is 11.3 Å². The minimum atomic E-state index is -4.78. The summed E-state index contributed by atoms with van der Waals surface area (Å²) in [6, 6.07) is 3.86. The van der Waals surface area contributed by atoms with Crippen molar-refractivity contribution in [1.29, 1.82) is 0 Å². The van der Waals surface area contributed by atoms with Gasteiger partial charge in [0.05, 0.1) is 23.8 Å². The molecule has 1 saturated heterocycles. The number of nitrogen functional groups attached to an aromatic ring is 1. The summed E-state index contributed by atoms with van der Waals surface area (Å²) < 4.78 is 94.2. The second-order valence-electron chi connectivity index (χ2n) is 8.76. The van der Waals surface area contributed by atoms with Gasteiger partial charge in [-0.3, -0.25) is 9.59 Å². The number of nitrogens with two attached hydrogens (primary N) is 1. The van der Waals surface area contributed by atoms with E-state index in [4.69, 9.17) is 5.73 Å². The zero-order chi connectivity index (χ0) is 28.0. The Hall–Kier alpha value is -3.91. The zero-order valence-electron chi connectivity index (χ0n) is 19.7. The molecule has 15 heteroatoms. The third-order valence-electron chi connectivity index (χ3n) is 6.19. The predicted molar refractivity (Wildman–Crippen MR) is 121 cm³/mol. The predicted octanol–water partition coefficient (Wildman–Crippen LogP) is 3.79. The van der Waals surface area contributed by atoms with Gasteiger partial charge in [0.15, 0.2) is 5.82 Å². The van der Waals surface area contributed by atoms with E-state index < -0.39 is 72.8 Å². The number of nitrogens with zero attached hydrogens (tertiary/aromatic N) is 4. The Labute approximate surface area is 210 Å². The van der Waals surface area contributed by atoms with Crippen molar-refractivity contribution in [2.75, 3.05) is 18.8 Å². The smallest absolute Gasteiger partial charge is 0.382 e. The van der Waals surface area contributed by atoms with Crippen molar-refractivity contribution in [3.63, 3.8) is 0 Å². The van der Waals surface area contributed by atoms with Crippen LogP contribution in [0.3, 0.4) is 0 Å². The molecule has 2 amide bonds. The van der Waals surface area contributed by atoms with Gasteiger partial charge in [-0.15, -0.1) is 0 Å². The molecule has 0 saturated carbocycles. The largest absolute Gasteiger partial charge is 0.418 e. The molecule has 1 fully saturated rings. The number of rotatable bonds is 5. The van der Waals surface area contributed by atoms with Gasteiger partial charge in [-0.05, 0) is 24.1 Å². The van der Waals surface area contributed by atoms with Crippen molar-refractivity contribution in [1.82, 2.24) is 24.8 Å². The number of benzene rings is 1. The summed E-state index contributed by atoms with van der Waals surface area (Å²) in [5.41, 5.74) is 4.77. The van der Waals surface area contributed by atoms with Gasteiger partial charge in [0.25, 0.3) is 5.91 Å². The Balaban J connectivity index is 1.65. The second kappa shape index (κ2) is 9.76. The van der Waals surface area contributed by atoms with Gasteiger partial charge >= 0.3 is 12.4 Å². The average Bonchev–Trinajstić information content (AvgIpc) is 3.39. The van der Waals surface area contributed by atoms with Gasteiger partial charge in [-0.25, -0.2) is 13.9 Å². The summed E-state index contributed by atoms with van der Waals surface area (Å²) >= 11 is 0. The van der Waals surface area contributed by atoms with Crippen LogP contribution in [0.5, 0.6) is 0 Å². The summed E-state index contributed by atoms with van der Waals surface area (Å²) in [7, 11) is 0. The number of aryl methyl sites for hydroxylation is 1. The van der Waals surface area contributed by atoms with Crippen LogP contribution in [0.2, 0.25) is 0 Å². The number of alkyl halides is 7. The summed E-state index contributed by atoms with van der Waals surface area (Å²) in [5.74, 6) is -2.51. The van der Waals surface area contributed by atoms with Crippen molar-refractivity contribution < 1.29 is 40.3 Å². The van der Waals surface area contributed by atoms with Crippen LogP contribution < -0.4 is 11.1 Å². The molecule has 0 aliphatic carbocycles. The molecule has 3 N–H and O–H groups in total. The molecule has 2 atom stereocenters. The second-order valence-corrected chi connectivity index (χ2v) is 8.76. The van der Waals surface area contributed by atoms with Crippen molar-refractivity contribution in [2.45, 2.75) is 44.3 Å². The molecule has 0 bridgehead atoms. The van der Waals surface area contributed by atoms with Crippen LogP contribution in [0.4, 0.5) is 36.6 Å². The summed E-state index contributed by atoms with van der Waals surface area (Å²) in [6.45, 7) is 0.647. The molecular weight excluding hydrogens is 525 g/mol. The van der Waals surface area contributed by atoms with E-state index in [0.717, 1.165) is 16.9 Å². The molecule has 3 heterocycles. The lowest BCUT2D eigenvalue weighted by Crippen LogP contribution is -2.42. The molecule has 0 radical (unpaired) electrons. The van der Waals surface area contributed by atoms with E-state index in [9.17, 15) is 40.3 Å². The first-order valence-corrected chi connectivity index (χ1v) is 11.3. The number of carbonyl (C=O) groups is 2. The monoisotopic (exact) mass is 546 g/mol. The molecule has 1 aliphatic heterocycles. The number of nitrogens with one attached hydrogen (secondary N) is 1. The van der Waals surface area contributed by atoms with Gasteiger partial charge in [0, 0.05) is 17.7 Å². The lowest BCUT2D eigenvalue weighted by Gasteiger charge is -2.18. The lowest BCUT2D eigenvalue weighted by atomic mass is 9.99. The average molecular weight is 546 g/mol. The Morgan fingerprint density at radius 2 is 1.84 bits per heavy atom. The molecule has 0 unspecified atom stereocenters. The number of aromatic nitrogens is 3. The Morgan fingerprint density at radius 1 is 1.13 bits per heavy atom. The quantitative estimate of drug-likeness (QED) is 0.474. The highest BCUT2D eigenvalue weighted by Crippen LogP contribution is 2.39. The summed E-state index contributed by atoms with van der Waals surface area (Å²) in [6.07, 6.45) is -11.8. The maximum atomic E-state index is 14.5. The highest BCUT2D eigenvalue weighted by Gasteiger charge is 2.41. The Kier molecular flexibility index (Phi) is 6.97. The highest BCUT2D eigenvalue weighted by molar-refractivity contribution is 5.97. The number of hydrogen-bond acceptors (Lipinski definition) is 5. The van der Waals surface area contributed by atoms with E-state index in [0.29, 0.717) is 16.9 Å². The van der Waals surface area contributed by atoms with Gasteiger partial charge in [-0.1, -0.05) is 19.1 Å². The number of anilines is 1. The van der Waals surface area contributed by atoms with E-state index in [2.05, 4.69) is 15.4 Å². The van der Waals surface area contributed by atoms with Crippen LogP contribution in [-0.2, 0) is 17.4 Å². The molecule has 1 aromatic carbocycles. The fraction of sp³-hybridized carbons (Fsp3) is 0.391. The molecule has 204 valence electrons. The molecular formula is C23H21F7N6O2. The molecule has 0 spiro atoms. The fourth-order valence-corrected chi connectivity index (χ4v) is 4.38. The van der Waals surface area contributed by atoms with Crippen molar-refractivity contribution >= 4 is 23.1 Å². The third-order valence-corrected chi connectivity index (χ3v) is 6.19. The van der Waals surface area contributed by atoms with Gasteiger partial charge in [0.2, 0.25) is 5.91 Å². The Morgan fingerprint density at radius 3 is 2.47 bits per heavy atom. The molecule has 38 heavy (non-hydrogen) atoms. The lowest BCUT2D eigenvalue weighted by molar-refractivity contribution is -0.160. The number of hydrogen-bond donors (Lipinski definition) is 2. The van der Waals surface area contributed by atoms with Crippen LogP contribution >= 0.6 is 0 Å². The van der Waals surface area contributed by atoms with Gasteiger partial charge in [-0.2, -0.15) is 31.4 Å². The van der Waals surface area contributed by atoms with Crippen LogP contribution in [-0.4, -0.2) is 62.8 Å². The first-order chi connectivity index (χ1) is 17.7. The van der Waals surface area contributed by atoms with E-state index in [1.807, 2.05) is 0 Å². The van der Waals surface area contributed by atoms with Crippen molar-refractivity contribution in [2.24, 2.45) is 0 Å². The van der Waals surface area contributed by atoms with Crippen LogP contribution in [0.25, 0.3) is 16.8 Å². The third kappa shape index (κ3) is 5.36. The minimum Gasteiger partial charge on any atom is -0.382 e. The van der Waals surface area contributed by atoms with E-state index >= 15 is 0 Å². The first-order valence-electron chi connectivity index (χ1n) is 11.3. The maximum Gasteiger partial charge on any atom is 0.418 e. The Bertz CT molecular complexity index is 1390. The van der Waals surface area contributed by atoms with Gasteiger partial charge < -0.3 is 16.0 Å². The molecule has 3 aromatic rings. The fourth-order valence-electron chi connectivity index (χ4n) is 4.38. The molecule has 8 nitrogen and oxygen atoms in total.